The molecule has 0 aliphatic rings. The lowest BCUT2D eigenvalue weighted by molar-refractivity contribution is -0.0523. The van der Waals surface area contributed by atoms with Gasteiger partial charge in [0.1, 0.15) is 11.6 Å². The highest BCUT2D eigenvalue weighted by Crippen LogP contribution is 2.29. The van der Waals surface area contributed by atoms with Crippen molar-refractivity contribution in [3.8, 4) is 11.8 Å². The van der Waals surface area contributed by atoms with Gasteiger partial charge in [-0.05, 0) is 12.1 Å². The van der Waals surface area contributed by atoms with E-state index in [9.17, 15) is 13.2 Å². The molecule has 0 amide bonds. The average Bonchev–Trinajstić information content (AvgIpc) is 2.11. The molecule has 0 bridgehead atoms. The highest BCUT2D eigenvalue weighted by molar-refractivity contribution is 6.31. The molecule has 0 fully saturated rings. The molecule has 0 unspecified atom stereocenters. The third-order valence-corrected chi connectivity index (χ3v) is 1.69. The molecular weight excluding hydrogens is 219 g/mol. The predicted molar refractivity (Wildman–Crippen MR) is 42.8 cm³/mol. The molecular formula is C8H3ClF3NO. The van der Waals surface area contributed by atoms with Crippen molar-refractivity contribution in [2.24, 2.45) is 0 Å². The molecule has 14 heavy (non-hydrogen) atoms. The minimum Gasteiger partial charge on any atom is -0.430 e. The summed E-state index contributed by atoms with van der Waals surface area (Å²) in [5.41, 5.74) is -0.438. The number of nitrogens with zero attached hydrogens (tertiary/aromatic N) is 1. The predicted octanol–water partition coefficient (Wildman–Crippen LogP) is 2.95. The second-order valence-corrected chi connectivity index (χ2v) is 2.63. The zero-order valence-corrected chi connectivity index (χ0v) is 7.36. The molecule has 0 saturated carbocycles. The van der Waals surface area contributed by atoms with Gasteiger partial charge < -0.3 is 4.74 Å². The normalized spacial score (nSPS) is 10.0. The van der Waals surface area contributed by atoms with Crippen LogP contribution in [0.2, 0.25) is 5.02 Å². The van der Waals surface area contributed by atoms with Crippen LogP contribution in [-0.4, -0.2) is 6.61 Å². The zero-order chi connectivity index (χ0) is 10.7. The summed E-state index contributed by atoms with van der Waals surface area (Å²) < 4.78 is 40.4. The van der Waals surface area contributed by atoms with Gasteiger partial charge >= 0.3 is 6.61 Å². The first kappa shape index (κ1) is 10.7. The molecule has 1 aromatic carbocycles. The van der Waals surface area contributed by atoms with Gasteiger partial charge in [-0.1, -0.05) is 11.6 Å². The molecule has 0 aliphatic heterocycles. The summed E-state index contributed by atoms with van der Waals surface area (Å²) in [6.07, 6.45) is 0. The number of benzene rings is 1. The molecule has 74 valence electrons. The molecule has 0 radical (unpaired) electrons. The number of rotatable bonds is 2. The van der Waals surface area contributed by atoms with Crippen LogP contribution in [0, 0.1) is 17.1 Å². The van der Waals surface area contributed by atoms with Crippen LogP contribution >= 0.6 is 11.6 Å². The SMILES string of the molecule is N#Cc1c(Cl)ccc(F)c1OC(F)F. The Morgan fingerprint density at radius 1 is 1.43 bits per heavy atom. The lowest BCUT2D eigenvalue weighted by Gasteiger charge is -2.07. The van der Waals surface area contributed by atoms with Gasteiger partial charge in [-0.3, -0.25) is 0 Å². The van der Waals surface area contributed by atoms with E-state index in [0.29, 0.717) is 0 Å². The zero-order valence-electron chi connectivity index (χ0n) is 6.60. The first-order chi connectivity index (χ1) is 6.56. The summed E-state index contributed by atoms with van der Waals surface area (Å²) in [5, 5.41) is 8.38. The lowest BCUT2D eigenvalue weighted by atomic mass is 10.2. The van der Waals surface area contributed by atoms with Crippen LogP contribution in [0.5, 0.6) is 5.75 Å². The van der Waals surface area contributed by atoms with E-state index in [-0.39, 0.29) is 5.02 Å². The summed E-state index contributed by atoms with van der Waals surface area (Å²) in [5.74, 6) is -1.87. The van der Waals surface area contributed by atoms with Crippen molar-refractivity contribution in [2.75, 3.05) is 0 Å². The Labute approximate surface area is 82.5 Å². The minimum absolute atomic E-state index is 0.135. The van der Waals surface area contributed by atoms with Crippen LogP contribution in [0.15, 0.2) is 12.1 Å². The maximum atomic E-state index is 12.9. The minimum atomic E-state index is -3.20. The van der Waals surface area contributed by atoms with Crippen molar-refractivity contribution < 1.29 is 17.9 Å². The van der Waals surface area contributed by atoms with Gasteiger partial charge in [-0.25, -0.2) is 4.39 Å². The highest BCUT2D eigenvalue weighted by atomic mass is 35.5. The largest absolute Gasteiger partial charge is 0.430 e. The van der Waals surface area contributed by atoms with Crippen LogP contribution in [0.4, 0.5) is 13.2 Å². The van der Waals surface area contributed by atoms with Crippen LogP contribution in [-0.2, 0) is 0 Å². The molecule has 1 aromatic rings. The molecule has 0 spiro atoms. The fourth-order valence-corrected chi connectivity index (χ4v) is 1.03. The van der Waals surface area contributed by atoms with Gasteiger partial charge in [-0.2, -0.15) is 14.0 Å². The number of ether oxygens (including phenoxy) is 1. The average molecular weight is 222 g/mol. The fourth-order valence-electron chi connectivity index (χ4n) is 0.842. The Balaban J connectivity index is 3.25. The first-order valence-corrected chi connectivity index (χ1v) is 3.77. The summed E-state index contributed by atoms with van der Waals surface area (Å²) in [4.78, 5) is 0. The summed E-state index contributed by atoms with van der Waals surface area (Å²) in [6, 6.07) is 3.42. The Kier molecular flexibility index (Phi) is 3.20. The Morgan fingerprint density at radius 2 is 2.07 bits per heavy atom. The number of nitriles is 1. The van der Waals surface area contributed by atoms with Gasteiger partial charge in [0, 0.05) is 0 Å². The molecule has 0 aromatic heterocycles. The van der Waals surface area contributed by atoms with E-state index in [0.717, 1.165) is 12.1 Å². The number of hydrogen-bond donors (Lipinski definition) is 0. The molecule has 0 saturated heterocycles. The second-order valence-electron chi connectivity index (χ2n) is 2.22. The van der Waals surface area contributed by atoms with Crippen LogP contribution in [0.1, 0.15) is 5.56 Å². The van der Waals surface area contributed by atoms with E-state index in [1.165, 1.54) is 6.07 Å². The molecule has 6 heteroatoms. The van der Waals surface area contributed by atoms with Crippen LogP contribution in [0.3, 0.4) is 0 Å². The van der Waals surface area contributed by atoms with E-state index < -0.39 is 23.7 Å². The van der Waals surface area contributed by atoms with Crippen LogP contribution in [0.25, 0.3) is 0 Å². The molecule has 0 atom stereocenters. The highest BCUT2D eigenvalue weighted by Gasteiger charge is 2.17. The second kappa shape index (κ2) is 4.20. The number of hydrogen-bond acceptors (Lipinski definition) is 2. The van der Waals surface area contributed by atoms with E-state index in [2.05, 4.69) is 4.74 Å². The van der Waals surface area contributed by atoms with Crippen LogP contribution < -0.4 is 4.74 Å². The van der Waals surface area contributed by atoms with Crippen molar-refractivity contribution in [1.82, 2.24) is 0 Å². The lowest BCUT2D eigenvalue weighted by Crippen LogP contribution is -2.05. The summed E-state index contributed by atoms with van der Waals surface area (Å²) >= 11 is 5.47. The Bertz CT molecular complexity index is 389. The summed E-state index contributed by atoms with van der Waals surface area (Å²) in [7, 11) is 0. The van der Waals surface area contributed by atoms with Gasteiger partial charge in [0.15, 0.2) is 11.6 Å². The van der Waals surface area contributed by atoms with Gasteiger partial charge in [0.05, 0.1) is 5.02 Å². The van der Waals surface area contributed by atoms with Crippen molar-refractivity contribution in [3.05, 3.63) is 28.5 Å². The monoisotopic (exact) mass is 221 g/mol. The smallest absolute Gasteiger partial charge is 0.387 e. The molecule has 0 heterocycles. The number of alkyl halides is 2. The van der Waals surface area contributed by atoms with E-state index in [1.807, 2.05) is 0 Å². The van der Waals surface area contributed by atoms with Gasteiger partial charge in [-0.15, -0.1) is 0 Å². The van der Waals surface area contributed by atoms with E-state index in [4.69, 9.17) is 16.9 Å². The van der Waals surface area contributed by atoms with E-state index in [1.54, 1.807) is 0 Å². The topological polar surface area (TPSA) is 33.0 Å². The Morgan fingerprint density at radius 3 is 2.57 bits per heavy atom. The van der Waals surface area contributed by atoms with E-state index >= 15 is 0 Å². The Hall–Kier alpha value is -1.41. The summed E-state index contributed by atoms with van der Waals surface area (Å²) in [6.45, 7) is -3.20. The van der Waals surface area contributed by atoms with Crippen molar-refractivity contribution in [2.45, 2.75) is 6.61 Å². The molecule has 0 N–H and O–H groups in total. The van der Waals surface area contributed by atoms with Gasteiger partial charge in [0.25, 0.3) is 0 Å². The maximum absolute atomic E-state index is 12.9. The van der Waals surface area contributed by atoms with Crippen molar-refractivity contribution in [3.63, 3.8) is 0 Å². The maximum Gasteiger partial charge on any atom is 0.387 e. The van der Waals surface area contributed by atoms with Crippen molar-refractivity contribution in [1.29, 1.82) is 5.26 Å². The molecule has 1 rings (SSSR count). The first-order valence-electron chi connectivity index (χ1n) is 3.39. The molecule has 0 aliphatic carbocycles. The quantitative estimate of drug-likeness (QED) is 0.769. The molecule has 2 nitrogen and oxygen atoms in total. The fraction of sp³-hybridized carbons (Fsp3) is 0.125. The van der Waals surface area contributed by atoms with Crippen molar-refractivity contribution >= 4 is 11.6 Å². The third-order valence-electron chi connectivity index (χ3n) is 1.38. The number of halogens is 4. The third kappa shape index (κ3) is 2.09. The standard InChI is InChI=1S/C8H3ClF3NO/c9-5-1-2-6(10)7(4(5)3-13)14-8(11)12/h1-2,8H. The van der Waals surface area contributed by atoms with Gasteiger partial charge in [0.2, 0.25) is 0 Å².